The summed E-state index contributed by atoms with van der Waals surface area (Å²) in [5, 5.41) is 0. The summed E-state index contributed by atoms with van der Waals surface area (Å²) in [5.41, 5.74) is 0. The van der Waals surface area contributed by atoms with Gasteiger partial charge in [-0.25, -0.2) is 0 Å². The topological polar surface area (TPSA) is 0 Å². The molecule has 0 unspecified atom stereocenters. The van der Waals surface area contributed by atoms with Crippen LogP contribution in [0.15, 0.2) is 0 Å². The van der Waals surface area contributed by atoms with E-state index >= 15 is 0 Å². The van der Waals surface area contributed by atoms with Crippen LogP contribution in [0.5, 0.6) is 0 Å². The van der Waals surface area contributed by atoms with E-state index in [9.17, 15) is 0 Å². The van der Waals surface area contributed by atoms with Crippen LogP contribution in [0.4, 0.5) is 0 Å². The third kappa shape index (κ3) is 0.835. The number of alkyl halides is 1. The Kier molecular flexibility index (Phi) is 1.18. The first-order valence-corrected chi connectivity index (χ1v) is 3.61. The Morgan fingerprint density at radius 2 is 2.14 bits per heavy atom. The number of hydrogen-bond acceptors (Lipinski definition) is 0. The molecule has 42 valence electrons. The Morgan fingerprint density at radius 1 is 1.71 bits per heavy atom. The minimum atomic E-state index is 0.493. The van der Waals surface area contributed by atoms with Crippen molar-refractivity contribution in [3.8, 4) is 0 Å². The normalized spacial score (nSPS) is 51.0. The average Bonchev–Trinajstić information content (AvgIpc) is 1.63. The lowest BCUT2D eigenvalue weighted by Gasteiger charge is -2.40. The smallest absolute Gasteiger partial charge is 0.0255 e. The minimum Gasteiger partial charge on any atom is -0.0853 e. The lowest BCUT2D eigenvalue weighted by molar-refractivity contribution is 0.267. The zero-order valence-corrected chi connectivity index (χ0v) is 6.46. The first-order chi connectivity index (χ1) is 3.13. The predicted octanol–water partition coefficient (Wildman–Crippen LogP) is 2.57. The summed E-state index contributed by atoms with van der Waals surface area (Å²) in [6.45, 7) is 4.55. The van der Waals surface area contributed by atoms with Gasteiger partial charge in [-0.15, -0.1) is 0 Å². The van der Waals surface area contributed by atoms with E-state index in [0.717, 1.165) is 5.92 Å². The monoisotopic (exact) mass is 162 g/mol. The summed E-state index contributed by atoms with van der Waals surface area (Å²) < 4.78 is 0.493. The minimum absolute atomic E-state index is 0.493. The van der Waals surface area contributed by atoms with Crippen LogP contribution in [0, 0.1) is 5.92 Å². The quantitative estimate of drug-likeness (QED) is 0.481. The fourth-order valence-electron chi connectivity index (χ4n) is 0.831. The summed E-state index contributed by atoms with van der Waals surface area (Å²) >= 11 is 3.63. The SMILES string of the molecule is C[C@@H]1CC[C@]1(C)Br. The van der Waals surface area contributed by atoms with Gasteiger partial charge in [0.05, 0.1) is 0 Å². The van der Waals surface area contributed by atoms with Crippen LogP contribution in [-0.2, 0) is 0 Å². The fourth-order valence-corrected chi connectivity index (χ4v) is 1.29. The van der Waals surface area contributed by atoms with Crippen LogP contribution in [0.25, 0.3) is 0 Å². The molecule has 0 saturated heterocycles. The van der Waals surface area contributed by atoms with Gasteiger partial charge in [-0.2, -0.15) is 0 Å². The van der Waals surface area contributed by atoms with Gasteiger partial charge < -0.3 is 0 Å². The third-order valence-electron chi connectivity index (χ3n) is 2.09. The van der Waals surface area contributed by atoms with Crippen LogP contribution < -0.4 is 0 Å². The molecule has 0 N–H and O–H groups in total. The first kappa shape index (κ1) is 5.61. The van der Waals surface area contributed by atoms with E-state index in [1.165, 1.54) is 12.8 Å². The number of rotatable bonds is 0. The van der Waals surface area contributed by atoms with Crippen LogP contribution in [-0.4, -0.2) is 4.32 Å². The van der Waals surface area contributed by atoms with Gasteiger partial charge in [0.25, 0.3) is 0 Å². The van der Waals surface area contributed by atoms with Crippen molar-refractivity contribution >= 4 is 15.9 Å². The molecule has 0 aromatic heterocycles. The lowest BCUT2D eigenvalue weighted by atomic mass is 9.76. The van der Waals surface area contributed by atoms with Crippen LogP contribution in [0.1, 0.15) is 26.7 Å². The van der Waals surface area contributed by atoms with Crippen molar-refractivity contribution in [3.05, 3.63) is 0 Å². The summed E-state index contributed by atoms with van der Waals surface area (Å²) in [6.07, 6.45) is 2.76. The van der Waals surface area contributed by atoms with E-state index in [-0.39, 0.29) is 0 Å². The summed E-state index contributed by atoms with van der Waals surface area (Å²) in [5.74, 6) is 0.896. The number of halogens is 1. The van der Waals surface area contributed by atoms with Gasteiger partial charge in [-0.3, -0.25) is 0 Å². The Labute approximate surface area is 53.4 Å². The second kappa shape index (κ2) is 1.48. The van der Waals surface area contributed by atoms with Crippen LogP contribution in [0.2, 0.25) is 0 Å². The highest BCUT2D eigenvalue weighted by Crippen LogP contribution is 2.44. The molecule has 1 rings (SSSR count). The first-order valence-electron chi connectivity index (χ1n) is 2.82. The van der Waals surface area contributed by atoms with Gasteiger partial charge in [0, 0.05) is 4.32 Å². The van der Waals surface area contributed by atoms with Crippen molar-refractivity contribution in [2.24, 2.45) is 5.92 Å². The molecule has 1 heteroatoms. The van der Waals surface area contributed by atoms with Gasteiger partial charge in [0.2, 0.25) is 0 Å². The molecule has 0 aliphatic heterocycles. The van der Waals surface area contributed by atoms with Crippen molar-refractivity contribution in [2.45, 2.75) is 31.0 Å². The predicted molar refractivity (Wildman–Crippen MR) is 35.7 cm³/mol. The van der Waals surface area contributed by atoms with Crippen LogP contribution >= 0.6 is 15.9 Å². The van der Waals surface area contributed by atoms with Gasteiger partial charge >= 0.3 is 0 Å². The second-order valence-electron chi connectivity index (χ2n) is 2.72. The summed E-state index contributed by atoms with van der Waals surface area (Å²) in [6, 6.07) is 0. The molecule has 1 aliphatic rings. The molecule has 0 nitrogen and oxygen atoms in total. The Hall–Kier alpha value is 0.480. The third-order valence-corrected chi connectivity index (χ3v) is 3.27. The molecule has 0 bridgehead atoms. The van der Waals surface area contributed by atoms with E-state index in [0.29, 0.717) is 4.32 Å². The molecule has 1 saturated carbocycles. The van der Waals surface area contributed by atoms with Gasteiger partial charge in [-0.1, -0.05) is 22.9 Å². The molecular formula is C6H11Br. The highest BCUT2D eigenvalue weighted by Gasteiger charge is 2.36. The van der Waals surface area contributed by atoms with Gasteiger partial charge in [-0.05, 0) is 25.7 Å². The standard InChI is InChI=1S/C6H11Br/c1-5-3-4-6(5,2)7/h5H,3-4H2,1-2H3/t5-,6+/m1/s1. The van der Waals surface area contributed by atoms with E-state index in [4.69, 9.17) is 0 Å². The molecule has 1 fully saturated rings. The summed E-state index contributed by atoms with van der Waals surface area (Å²) in [7, 11) is 0. The van der Waals surface area contributed by atoms with E-state index < -0.39 is 0 Å². The average molecular weight is 163 g/mol. The van der Waals surface area contributed by atoms with E-state index in [2.05, 4.69) is 29.8 Å². The molecule has 0 aromatic rings. The maximum atomic E-state index is 3.63. The van der Waals surface area contributed by atoms with Crippen molar-refractivity contribution in [2.75, 3.05) is 0 Å². The zero-order valence-electron chi connectivity index (χ0n) is 4.87. The highest BCUT2D eigenvalue weighted by molar-refractivity contribution is 9.10. The maximum absolute atomic E-state index is 3.63. The Bertz CT molecular complexity index is 76.2. The molecule has 0 radical (unpaired) electrons. The van der Waals surface area contributed by atoms with Gasteiger partial charge in [0.1, 0.15) is 0 Å². The maximum Gasteiger partial charge on any atom is 0.0255 e. The zero-order chi connectivity index (χ0) is 5.49. The summed E-state index contributed by atoms with van der Waals surface area (Å²) in [4.78, 5) is 0. The molecule has 0 aromatic carbocycles. The molecular weight excluding hydrogens is 152 g/mol. The number of hydrogen-bond donors (Lipinski definition) is 0. The lowest BCUT2D eigenvalue weighted by Crippen LogP contribution is -2.35. The largest absolute Gasteiger partial charge is 0.0853 e. The molecule has 0 spiro atoms. The molecule has 0 heterocycles. The highest BCUT2D eigenvalue weighted by atomic mass is 79.9. The van der Waals surface area contributed by atoms with Crippen molar-refractivity contribution in [3.63, 3.8) is 0 Å². The Balaban J connectivity index is 2.43. The molecule has 2 atom stereocenters. The second-order valence-corrected chi connectivity index (χ2v) is 4.53. The van der Waals surface area contributed by atoms with E-state index in [1.54, 1.807) is 0 Å². The van der Waals surface area contributed by atoms with Crippen molar-refractivity contribution in [1.82, 2.24) is 0 Å². The molecule has 1 aliphatic carbocycles. The molecule has 7 heavy (non-hydrogen) atoms. The molecule has 0 amide bonds. The fraction of sp³-hybridized carbons (Fsp3) is 1.00. The van der Waals surface area contributed by atoms with Crippen LogP contribution in [0.3, 0.4) is 0 Å². The van der Waals surface area contributed by atoms with Crippen molar-refractivity contribution in [1.29, 1.82) is 0 Å². The van der Waals surface area contributed by atoms with E-state index in [1.807, 2.05) is 0 Å². The Morgan fingerprint density at radius 3 is 2.14 bits per heavy atom. The van der Waals surface area contributed by atoms with Crippen molar-refractivity contribution < 1.29 is 0 Å². The van der Waals surface area contributed by atoms with Gasteiger partial charge in [0.15, 0.2) is 0 Å².